The van der Waals surface area contributed by atoms with Gasteiger partial charge in [-0.15, -0.1) is 0 Å². The quantitative estimate of drug-likeness (QED) is 0.847. The number of aliphatic carboxylic acids is 1. The second kappa shape index (κ2) is 6.14. The number of aromatic nitrogens is 1. The molecule has 0 radical (unpaired) electrons. The molecule has 1 aromatic heterocycles. The van der Waals surface area contributed by atoms with Crippen molar-refractivity contribution in [1.29, 1.82) is 0 Å². The number of carbonyl (C=O) groups is 2. The molecule has 2 aromatic rings. The van der Waals surface area contributed by atoms with Crippen LogP contribution in [0.5, 0.6) is 0 Å². The number of hydrogen-bond acceptors (Lipinski definition) is 4. The third-order valence-electron chi connectivity index (χ3n) is 4.93. The third-order valence-corrected chi connectivity index (χ3v) is 4.93. The van der Waals surface area contributed by atoms with Crippen LogP contribution in [0.2, 0.25) is 0 Å². The number of likely N-dealkylation sites (tertiary alicyclic amines) is 1. The lowest BCUT2D eigenvalue weighted by molar-refractivity contribution is -0.187. The standard InChI is InChI=1S/C17H16F3N3O4/c18-17(19,20)11-7-23(6-10(11)15(24)25)16(26)21-9-3-4-13-12(5-9)22-14(27-13)8-1-2-8/h3-5,8,10-11H,1-2,6-7H2,(H,21,26)(H,24,25)/t10-,11-/m1/s1. The van der Waals surface area contributed by atoms with Gasteiger partial charge in [-0.1, -0.05) is 0 Å². The van der Waals surface area contributed by atoms with Gasteiger partial charge >= 0.3 is 18.2 Å². The van der Waals surface area contributed by atoms with Crippen LogP contribution in [0.15, 0.2) is 22.6 Å². The SMILES string of the molecule is O=C(O)[C@@H]1CN(C(=O)Nc2ccc3oc(C4CC4)nc3c2)C[C@H]1C(F)(F)F. The number of carbonyl (C=O) groups excluding carboxylic acids is 1. The number of nitrogens with zero attached hydrogens (tertiary/aromatic N) is 2. The summed E-state index contributed by atoms with van der Waals surface area (Å²) in [6, 6.07) is 3.99. The number of carboxylic acid groups (broad SMARTS) is 1. The van der Waals surface area contributed by atoms with Gasteiger partial charge in [-0.2, -0.15) is 13.2 Å². The minimum Gasteiger partial charge on any atom is -0.481 e. The fraction of sp³-hybridized carbons (Fsp3) is 0.471. The Bertz CT molecular complexity index is 906. The molecule has 1 saturated carbocycles. The molecule has 2 N–H and O–H groups in total. The normalized spacial score (nSPS) is 23.0. The highest BCUT2D eigenvalue weighted by molar-refractivity contribution is 5.92. The first-order valence-electron chi connectivity index (χ1n) is 8.48. The Kier molecular flexibility index (Phi) is 4.01. The number of urea groups is 1. The van der Waals surface area contributed by atoms with Crippen LogP contribution in [-0.4, -0.2) is 46.3 Å². The molecule has 2 aliphatic rings. The number of anilines is 1. The van der Waals surface area contributed by atoms with E-state index in [1.807, 2.05) is 0 Å². The van der Waals surface area contributed by atoms with Gasteiger partial charge in [0.15, 0.2) is 11.5 Å². The summed E-state index contributed by atoms with van der Waals surface area (Å²) in [4.78, 5) is 28.7. The first kappa shape index (κ1) is 17.6. The number of amides is 2. The summed E-state index contributed by atoms with van der Waals surface area (Å²) >= 11 is 0. The van der Waals surface area contributed by atoms with Crippen molar-refractivity contribution in [1.82, 2.24) is 9.88 Å². The lowest BCUT2D eigenvalue weighted by Crippen LogP contribution is -2.35. The molecule has 1 saturated heterocycles. The zero-order chi connectivity index (χ0) is 19.3. The van der Waals surface area contributed by atoms with Crippen molar-refractivity contribution < 1.29 is 32.3 Å². The number of hydrogen-bond donors (Lipinski definition) is 2. The molecule has 2 amide bonds. The maximum Gasteiger partial charge on any atom is 0.394 e. The molecule has 0 spiro atoms. The number of alkyl halides is 3. The third kappa shape index (κ3) is 3.43. The van der Waals surface area contributed by atoms with Gasteiger partial charge in [0, 0.05) is 24.7 Å². The Balaban J connectivity index is 1.48. The maximum absolute atomic E-state index is 13.0. The molecule has 2 atom stereocenters. The average molecular weight is 383 g/mol. The number of carboxylic acids is 1. The van der Waals surface area contributed by atoms with Gasteiger partial charge in [-0.05, 0) is 31.0 Å². The molecule has 10 heteroatoms. The average Bonchev–Trinajstić information content (AvgIpc) is 3.18. The van der Waals surface area contributed by atoms with Crippen molar-refractivity contribution in [3.8, 4) is 0 Å². The van der Waals surface area contributed by atoms with Crippen LogP contribution in [0.3, 0.4) is 0 Å². The second-order valence-electron chi connectivity index (χ2n) is 6.94. The zero-order valence-corrected chi connectivity index (χ0v) is 14.0. The van der Waals surface area contributed by atoms with Crippen molar-refractivity contribution in [2.75, 3.05) is 18.4 Å². The number of oxazole rings is 1. The van der Waals surface area contributed by atoms with Crippen LogP contribution in [0.25, 0.3) is 11.1 Å². The molecule has 144 valence electrons. The topological polar surface area (TPSA) is 95.7 Å². The molecule has 0 bridgehead atoms. The van der Waals surface area contributed by atoms with Crippen LogP contribution >= 0.6 is 0 Å². The van der Waals surface area contributed by atoms with E-state index >= 15 is 0 Å². The van der Waals surface area contributed by atoms with Crippen LogP contribution in [0.4, 0.5) is 23.7 Å². The zero-order valence-electron chi connectivity index (χ0n) is 14.0. The van der Waals surface area contributed by atoms with Crippen LogP contribution in [0.1, 0.15) is 24.7 Å². The summed E-state index contributed by atoms with van der Waals surface area (Å²) < 4.78 is 44.7. The van der Waals surface area contributed by atoms with E-state index in [9.17, 15) is 22.8 Å². The Morgan fingerprint density at radius 2 is 2.00 bits per heavy atom. The molecule has 2 fully saturated rings. The van der Waals surface area contributed by atoms with E-state index in [1.165, 1.54) is 0 Å². The second-order valence-corrected chi connectivity index (χ2v) is 6.94. The van der Waals surface area contributed by atoms with Gasteiger partial charge in [-0.3, -0.25) is 4.79 Å². The summed E-state index contributed by atoms with van der Waals surface area (Å²) in [6.07, 6.45) is -2.64. The highest BCUT2D eigenvalue weighted by atomic mass is 19.4. The smallest absolute Gasteiger partial charge is 0.394 e. The first-order chi connectivity index (χ1) is 12.7. The van der Waals surface area contributed by atoms with Gasteiger partial charge in [0.25, 0.3) is 0 Å². The van der Waals surface area contributed by atoms with Crippen molar-refractivity contribution in [2.24, 2.45) is 11.8 Å². The predicted molar refractivity (Wildman–Crippen MR) is 87.2 cm³/mol. The number of rotatable bonds is 3. The molecule has 0 unspecified atom stereocenters. The van der Waals surface area contributed by atoms with E-state index in [1.54, 1.807) is 18.2 Å². The molecule has 1 aromatic carbocycles. The predicted octanol–water partition coefficient (Wildman–Crippen LogP) is 3.43. The first-order valence-corrected chi connectivity index (χ1v) is 8.48. The molecule has 1 aliphatic heterocycles. The van der Waals surface area contributed by atoms with Crippen molar-refractivity contribution >= 4 is 28.8 Å². The largest absolute Gasteiger partial charge is 0.481 e. The minimum atomic E-state index is -4.68. The summed E-state index contributed by atoms with van der Waals surface area (Å²) in [5.74, 6) is -4.35. The molecular formula is C17H16F3N3O4. The molecular weight excluding hydrogens is 367 g/mol. The fourth-order valence-corrected chi connectivity index (χ4v) is 3.28. The number of benzene rings is 1. The van der Waals surface area contributed by atoms with E-state index in [0.717, 1.165) is 17.7 Å². The molecule has 2 heterocycles. The Morgan fingerprint density at radius 1 is 1.26 bits per heavy atom. The van der Waals surface area contributed by atoms with Gasteiger partial charge < -0.3 is 19.7 Å². The Morgan fingerprint density at radius 3 is 2.59 bits per heavy atom. The lowest BCUT2D eigenvalue weighted by Gasteiger charge is -2.18. The molecule has 1 aliphatic carbocycles. The van der Waals surface area contributed by atoms with Crippen LogP contribution in [0, 0.1) is 11.8 Å². The maximum atomic E-state index is 13.0. The van der Waals surface area contributed by atoms with E-state index in [0.29, 0.717) is 28.6 Å². The van der Waals surface area contributed by atoms with Crippen molar-refractivity contribution in [3.63, 3.8) is 0 Å². The lowest BCUT2D eigenvalue weighted by atomic mass is 9.96. The summed E-state index contributed by atoms with van der Waals surface area (Å²) in [5.41, 5.74) is 1.47. The van der Waals surface area contributed by atoms with E-state index in [-0.39, 0.29) is 0 Å². The van der Waals surface area contributed by atoms with E-state index in [4.69, 9.17) is 9.52 Å². The molecule has 7 nitrogen and oxygen atoms in total. The van der Waals surface area contributed by atoms with E-state index in [2.05, 4.69) is 10.3 Å². The summed E-state index contributed by atoms with van der Waals surface area (Å²) in [7, 11) is 0. The van der Waals surface area contributed by atoms with Crippen molar-refractivity contribution in [2.45, 2.75) is 24.9 Å². The van der Waals surface area contributed by atoms with Crippen LogP contribution < -0.4 is 5.32 Å². The minimum absolute atomic E-state index is 0.326. The number of fused-ring (bicyclic) bond motifs is 1. The van der Waals surface area contributed by atoms with Gasteiger partial charge in [0.1, 0.15) is 5.52 Å². The molecule has 27 heavy (non-hydrogen) atoms. The number of nitrogens with one attached hydrogen (secondary N) is 1. The molecule has 4 rings (SSSR count). The summed E-state index contributed by atoms with van der Waals surface area (Å²) in [5, 5.41) is 11.5. The number of halogens is 3. The van der Waals surface area contributed by atoms with Gasteiger partial charge in [0.05, 0.1) is 11.8 Å². The Hall–Kier alpha value is -2.78. The van der Waals surface area contributed by atoms with Gasteiger partial charge in [-0.25, -0.2) is 9.78 Å². The Labute approximate surface area is 151 Å². The monoisotopic (exact) mass is 383 g/mol. The van der Waals surface area contributed by atoms with E-state index < -0.39 is 43.1 Å². The highest BCUT2D eigenvalue weighted by Gasteiger charge is 2.53. The highest BCUT2D eigenvalue weighted by Crippen LogP contribution is 2.41. The summed E-state index contributed by atoms with van der Waals surface area (Å²) in [6.45, 7) is -1.19. The fourth-order valence-electron chi connectivity index (χ4n) is 3.28. The van der Waals surface area contributed by atoms with Crippen LogP contribution in [-0.2, 0) is 4.79 Å². The van der Waals surface area contributed by atoms with Gasteiger partial charge in [0.2, 0.25) is 0 Å². The van der Waals surface area contributed by atoms with Crippen molar-refractivity contribution in [3.05, 3.63) is 24.1 Å².